The molecule has 0 bridgehead atoms. The van der Waals surface area contributed by atoms with Crippen molar-refractivity contribution in [1.82, 2.24) is 4.31 Å². The molecule has 0 saturated carbocycles. The number of esters is 1. The van der Waals surface area contributed by atoms with Crippen LogP contribution >= 0.6 is 11.8 Å². The molecule has 1 fully saturated rings. The van der Waals surface area contributed by atoms with E-state index in [1.807, 2.05) is 0 Å². The molecule has 0 aromatic heterocycles. The number of thioether (sulfide) groups is 1. The van der Waals surface area contributed by atoms with E-state index in [1.165, 1.54) is 23.9 Å². The number of hydrogen-bond acceptors (Lipinski definition) is 7. The van der Waals surface area contributed by atoms with Crippen molar-refractivity contribution in [1.29, 1.82) is 0 Å². The maximum Gasteiger partial charge on any atom is 0.325 e. The maximum absolute atomic E-state index is 13.0. The number of carbonyl (C=O) groups is 1. The molecule has 0 amide bonds. The van der Waals surface area contributed by atoms with Gasteiger partial charge in [0.05, 0.1) is 16.4 Å². The lowest BCUT2D eigenvalue weighted by molar-refractivity contribution is -0.385. The molecule has 24 heavy (non-hydrogen) atoms. The summed E-state index contributed by atoms with van der Waals surface area (Å²) in [5, 5.41) is 10.9. The number of nitro benzene ring substituents is 1. The zero-order valence-corrected chi connectivity index (χ0v) is 14.9. The van der Waals surface area contributed by atoms with Gasteiger partial charge in [-0.25, -0.2) is 8.42 Å². The van der Waals surface area contributed by atoms with Crippen LogP contribution in [0.25, 0.3) is 0 Å². The summed E-state index contributed by atoms with van der Waals surface area (Å²) in [6, 6.07) is 2.76. The van der Waals surface area contributed by atoms with Crippen LogP contribution < -0.4 is 0 Å². The molecule has 1 atom stereocenters. The predicted molar refractivity (Wildman–Crippen MR) is 89.5 cm³/mol. The van der Waals surface area contributed by atoms with Crippen molar-refractivity contribution in [2.45, 2.75) is 24.8 Å². The summed E-state index contributed by atoms with van der Waals surface area (Å²) in [4.78, 5) is 22.2. The van der Waals surface area contributed by atoms with Crippen LogP contribution in [0.15, 0.2) is 23.1 Å². The molecular weight excluding hydrogens is 356 g/mol. The lowest BCUT2D eigenvalue weighted by atomic mass is 10.2. The third kappa shape index (κ3) is 3.70. The van der Waals surface area contributed by atoms with Crippen molar-refractivity contribution < 1.29 is 22.9 Å². The van der Waals surface area contributed by atoms with Crippen molar-refractivity contribution in [3.05, 3.63) is 33.9 Å². The Morgan fingerprint density at radius 3 is 2.83 bits per heavy atom. The summed E-state index contributed by atoms with van der Waals surface area (Å²) in [5.41, 5.74) is 0.0830. The van der Waals surface area contributed by atoms with Gasteiger partial charge >= 0.3 is 5.97 Å². The Labute approximate surface area is 144 Å². The molecule has 10 heteroatoms. The molecule has 0 spiro atoms. The minimum atomic E-state index is -4.05. The van der Waals surface area contributed by atoms with Gasteiger partial charge in [-0.3, -0.25) is 14.9 Å². The number of aryl methyl sites for hydroxylation is 1. The molecule has 0 unspecified atom stereocenters. The summed E-state index contributed by atoms with van der Waals surface area (Å²) < 4.78 is 32.0. The van der Waals surface area contributed by atoms with Crippen LogP contribution in [0.2, 0.25) is 0 Å². The van der Waals surface area contributed by atoms with Gasteiger partial charge in [0.15, 0.2) is 0 Å². The SMILES string of the molecule is CCOC(=O)[C@H]1CSCCN1S(=O)(=O)c1cc([N+](=O)[O-])ccc1C. The molecule has 2 rings (SSSR count). The number of carbonyl (C=O) groups excluding carboxylic acids is 1. The molecule has 0 radical (unpaired) electrons. The third-order valence-corrected chi connectivity index (χ3v) is 6.68. The normalized spacial score (nSPS) is 19.0. The lowest BCUT2D eigenvalue weighted by Crippen LogP contribution is -2.50. The number of nitrogens with zero attached hydrogens (tertiary/aromatic N) is 2. The zero-order valence-electron chi connectivity index (χ0n) is 13.3. The molecule has 1 aromatic rings. The second kappa shape index (κ2) is 7.49. The van der Waals surface area contributed by atoms with Crippen LogP contribution in [0.3, 0.4) is 0 Å². The van der Waals surface area contributed by atoms with Crippen molar-refractivity contribution in [2.24, 2.45) is 0 Å². The van der Waals surface area contributed by atoms with Crippen LogP contribution in [0, 0.1) is 17.0 Å². The number of nitro groups is 1. The number of rotatable bonds is 5. The molecule has 1 aliphatic rings. The van der Waals surface area contributed by atoms with E-state index in [1.54, 1.807) is 13.8 Å². The highest BCUT2D eigenvalue weighted by atomic mass is 32.2. The fourth-order valence-electron chi connectivity index (χ4n) is 2.41. The minimum absolute atomic E-state index is 0.151. The Bertz CT molecular complexity index is 750. The lowest BCUT2D eigenvalue weighted by Gasteiger charge is -2.32. The number of hydrogen-bond donors (Lipinski definition) is 0. The quantitative estimate of drug-likeness (QED) is 0.437. The van der Waals surface area contributed by atoms with Crippen molar-refractivity contribution >= 4 is 33.4 Å². The van der Waals surface area contributed by atoms with E-state index in [-0.39, 0.29) is 23.7 Å². The van der Waals surface area contributed by atoms with Gasteiger partial charge in [-0.15, -0.1) is 0 Å². The molecule has 1 heterocycles. The molecule has 132 valence electrons. The number of ether oxygens (including phenoxy) is 1. The van der Waals surface area contributed by atoms with Crippen molar-refractivity contribution in [3.63, 3.8) is 0 Å². The Balaban J connectivity index is 2.46. The highest BCUT2D eigenvalue weighted by Crippen LogP contribution is 2.29. The average molecular weight is 374 g/mol. The van der Waals surface area contributed by atoms with Gasteiger partial charge in [0.25, 0.3) is 5.69 Å². The smallest absolute Gasteiger partial charge is 0.325 e. The summed E-state index contributed by atoms with van der Waals surface area (Å²) >= 11 is 1.47. The topological polar surface area (TPSA) is 107 Å². The Morgan fingerprint density at radius 1 is 1.50 bits per heavy atom. The van der Waals surface area contributed by atoms with Gasteiger partial charge in [0.2, 0.25) is 10.0 Å². The maximum atomic E-state index is 13.0. The van der Waals surface area contributed by atoms with Gasteiger partial charge in [-0.2, -0.15) is 16.1 Å². The average Bonchev–Trinajstić information content (AvgIpc) is 2.55. The molecule has 1 aliphatic heterocycles. The first-order valence-corrected chi connectivity index (χ1v) is 9.89. The zero-order chi connectivity index (χ0) is 17.9. The van der Waals surface area contributed by atoms with Gasteiger partial charge in [0.1, 0.15) is 6.04 Å². The summed E-state index contributed by atoms with van der Waals surface area (Å²) in [6.07, 6.45) is 0. The minimum Gasteiger partial charge on any atom is -0.465 e. The second-order valence-electron chi connectivity index (χ2n) is 5.17. The second-order valence-corrected chi connectivity index (χ2v) is 8.17. The van der Waals surface area contributed by atoms with E-state index < -0.39 is 27.0 Å². The number of non-ortho nitro benzene ring substituents is 1. The van der Waals surface area contributed by atoms with E-state index >= 15 is 0 Å². The monoisotopic (exact) mass is 374 g/mol. The first-order valence-electron chi connectivity index (χ1n) is 7.30. The van der Waals surface area contributed by atoms with E-state index in [4.69, 9.17) is 4.74 Å². The van der Waals surface area contributed by atoms with Crippen LogP contribution in [0.5, 0.6) is 0 Å². The van der Waals surface area contributed by atoms with Gasteiger partial charge in [-0.1, -0.05) is 6.07 Å². The molecule has 1 saturated heterocycles. The largest absolute Gasteiger partial charge is 0.465 e. The van der Waals surface area contributed by atoms with Crippen molar-refractivity contribution in [2.75, 3.05) is 24.7 Å². The molecule has 0 aliphatic carbocycles. The number of benzene rings is 1. The summed E-state index contributed by atoms with van der Waals surface area (Å²) in [5.74, 6) is 0.242. The first kappa shape index (κ1) is 18.7. The Morgan fingerprint density at radius 2 is 2.21 bits per heavy atom. The molecular formula is C14H18N2O6S2. The van der Waals surface area contributed by atoms with E-state index in [0.717, 1.165) is 10.4 Å². The summed E-state index contributed by atoms with van der Waals surface area (Å²) in [7, 11) is -4.05. The fraction of sp³-hybridized carbons (Fsp3) is 0.500. The van der Waals surface area contributed by atoms with Gasteiger partial charge < -0.3 is 4.74 Å². The molecule has 1 aromatic carbocycles. The fourth-order valence-corrected chi connectivity index (χ4v) is 5.47. The Hall–Kier alpha value is -1.65. The standard InChI is InChI=1S/C14H18N2O6S2/c1-3-22-14(17)12-9-23-7-6-15(12)24(20,21)13-8-11(16(18)19)5-4-10(13)2/h4-5,8,12H,3,6-7,9H2,1-2H3/t12-/m1/s1. The van der Waals surface area contributed by atoms with E-state index in [2.05, 4.69) is 0 Å². The van der Waals surface area contributed by atoms with Crippen LogP contribution in [-0.2, 0) is 19.6 Å². The summed E-state index contributed by atoms with van der Waals surface area (Å²) in [6.45, 7) is 3.52. The highest BCUT2D eigenvalue weighted by Gasteiger charge is 2.39. The molecule has 0 N–H and O–H groups in total. The van der Waals surface area contributed by atoms with Gasteiger partial charge in [0, 0.05) is 30.2 Å². The van der Waals surface area contributed by atoms with Crippen LogP contribution in [0.1, 0.15) is 12.5 Å². The van der Waals surface area contributed by atoms with E-state index in [9.17, 15) is 23.3 Å². The van der Waals surface area contributed by atoms with Crippen LogP contribution in [0.4, 0.5) is 5.69 Å². The van der Waals surface area contributed by atoms with E-state index in [0.29, 0.717) is 17.1 Å². The van der Waals surface area contributed by atoms with Gasteiger partial charge in [-0.05, 0) is 19.4 Å². The molecule has 8 nitrogen and oxygen atoms in total. The predicted octanol–water partition coefficient (Wildman–Crippen LogP) is 1.57. The van der Waals surface area contributed by atoms with Crippen LogP contribution in [-0.4, -0.2) is 54.3 Å². The first-order chi connectivity index (χ1) is 11.3. The van der Waals surface area contributed by atoms with Crippen molar-refractivity contribution in [3.8, 4) is 0 Å². The third-order valence-electron chi connectivity index (χ3n) is 3.61. The Kier molecular flexibility index (Phi) is 5.83. The number of sulfonamides is 1. The highest BCUT2D eigenvalue weighted by molar-refractivity contribution is 7.99.